The van der Waals surface area contributed by atoms with Gasteiger partial charge in [0.15, 0.2) is 0 Å². The van der Waals surface area contributed by atoms with Gasteiger partial charge < -0.3 is 4.74 Å². The van der Waals surface area contributed by atoms with Crippen molar-refractivity contribution in [2.75, 3.05) is 0 Å². The normalized spacial score (nSPS) is 21.0. The molecule has 0 radical (unpaired) electrons. The Morgan fingerprint density at radius 1 is 1.23 bits per heavy atom. The second kappa shape index (κ2) is 6.01. The van der Waals surface area contributed by atoms with Gasteiger partial charge in [0, 0.05) is 0 Å². The summed E-state index contributed by atoms with van der Waals surface area (Å²) in [5.41, 5.74) is 0. The topological polar surface area (TPSA) is 26.3 Å². The number of esters is 1. The maximum atomic E-state index is 10.5. The number of hydrogen-bond acceptors (Lipinski definition) is 2. The summed E-state index contributed by atoms with van der Waals surface area (Å²) < 4.78 is 4.93. The van der Waals surface area contributed by atoms with Crippen molar-refractivity contribution in [3.05, 3.63) is 0 Å². The van der Waals surface area contributed by atoms with Gasteiger partial charge in [-0.3, -0.25) is 4.79 Å². The average Bonchev–Trinajstić information content (AvgIpc) is 2.07. The first-order valence-corrected chi connectivity index (χ1v) is 5.52. The molecule has 0 aliphatic carbocycles. The smallest absolute Gasteiger partial charge is 0.309 e. The highest BCUT2D eigenvalue weighted by Gasteiger charge is 2.27. The molecule has 1 fully saturated rings. The Kier molecular flexibility index (Phi) is 4.87. The summed E-state index contributed by atoms with van der Waals surface area (Å²) in [6, 6.07) is 0. The molecule has 0 aromatic carbocycles. The Morgan fingerprint density at radius 2 is 1.85 bits per heavy atom. The van der Waals surface area contributed by atoms with E-state index < -0.39 is 0 Å². The molecule has 2 heteroatoms. The lowest BCUT2D eigenvalue weighted by molar-refractivity contribution is -0.169. The number of cyclic esters (lactones) is 1. The number of hydrogen-bond donors (Lipinski definition) is 0. The molecule has 0 aromatic rings. The summed E-state index contributed by atoms with van der Waals surface area (Å²) in [4.78, 5) is 10.5. The van der Waals surface area contributed by atoms with E-state index in [9.17, 15) is 4.79 Å². The minimum atomic E-state index is -0.0176. The van der Waals surface area contributed by atoms with E-state index in [2.05, 4.69) is 6.92 Å². The summed E-state index contributed by atoms with van der Waals surface area (Å²) in [7, 11) is 0. The van der Waals surface area contributed by atoms with Gasteiger partial charge in [0.2, 0.25) is 0 Å². The number of carbonyl (C=O) groups excluding carboxylic acids is 1. The van der Waals surface area contributed by atoms with Crippen molar-refractivity contribution in [3.63, 3.8) is 0 Å². The van der Waals surface area contributed by atoms with Gasteiger partial charge in [-0.25, -0.2) is 0 Å². The Labute approximate surface area is 80.7 Å². The number of ether oxygens (including phenoxy) is 1. The molecule has 0 spiro atoms. The van der Waals surface area contributed by atoms with Crippen LogP contribution in [0.15, 0.2) is 0 Å². The second-order valence-corrected chi connectivity index (χ2v) is 3.87. The lowest BCUT2D eigenvalue weighted by atomic mass is 10.0. The van der Waals surface area contributed by atoms with Crippen molar-refractivity contribution in [3.8, 4) is 0 Å². The second-order valence-electron chi connectivity index (χ2n) is 3.87. The highest BCUT2D eigenvalue weighted by molar-refractivity contribution is 5.75. The molecule has 0 aromatic heterocycles. The molecule has 0 amide bonds. The van der Waals surface area contributed by atoms with Crippen molar-refractivity contribution in [2.45, 2.75) is 64.4 Å². The maximum absolute atomic E-state index is 10.5. The molecule has 1 rings (SSSR count). The van der Waals surface area contributed by atoms with Crippen molar-refractivity contribution < 1.29 is 9.53 Å². The van der Waals surface area contributed by atoms with Crippen molar-refractivity contribution in [1.29, 1.82) is 0 Å². The van der Waals surface area contributed by atoms with Crippen LogP contribution in [0.4, 0.5) is 0 Å². The van der Waals surface area contributed by atoms with E-state index in [0.717, 1.165) is 6.42 Å². The SMILES string of the molecule is CCCCCCCC[C@@H]1CC(=O)O1. The molecule has 0 unspecified atom stereocenters. The van der Waals surface area contributed by atoms with Gasteiger partial charge in [0.1, 0.15) is 6.10 Å². The van der Waals surface area contributed by atoms with Crippen molar-refractivity contribution in [2.24, 2.45) is 0 Å². The zero-order valence-electron chi connectivity index (χ0n) is 8.55. The monoisotopic (exact) mass is 184 g/mol. The number of rotatable bonds is 7. The number of carbonyl (C=O) groups is 1. The van der Waals surface area contributed by atoms with Gasteiger partial charge in [0.05, 0.1) is 6.42 Å². The van der Waals surface area contributed by atoms with Crippen LogP contribution in [0.25, 0.3) is 0 Å². The molecule has 1 heterocycles. The van der Waals surface area contributed by atoms with E-state index in [1.807, 2.05) is 0 Å². The lowest BCUT2D eigenvalue weighted by Crippen LogP contribution is -2.32. The summed E-state index contributed by atoms with van der Waals surface area (Å²) in [5, 5.41) is 0. The van der Waals surface area contributed by atoms with Gasteiger partial charge in [-0.05, 0) is 12.8 Å². The first kappa shape index (κ1) is 10.6. The fourth-order valence-corrected chi connectivity index (χ4v) is 1.68. The fourth-order valence-electron chi connectivity index (χ4n) is 1.68. The van der Waals surface area contributed by atoms with Crippen LogP contribution in [0.1, 0.15) is 58.3 Å². The molecule has 13 heavy (non-hydrogen) atoms. The van der Waals surface area contributed by atoms with Crippen LogP contribution in [0, 0.1) is 0 Å². The molecule has 0 saturated carbocycles. The molecule has 1 aliphatic heterocycles. The molecule has 1 aliphatic rings. The van der Waals surface area contributed by atoms with Crippen molar-refractivity contribution in [1.82, 2.24) is 0 Å². The van der Waals surface area contributed by atoms with E-state index in [1.165, 1.54) is 38.5 Å². The van der Waals surface area contributed by atoms with Crippen LogP contribution in [0.2, 0.25) is 0 Å². The molecule has 0 N–H and O–H groups in total. The zero-order valence-corrected chi connectivity index (χ0v) is 8.55. The van der Waals surface area contributed by atoms with Gasteiger partial charge in [-0.1, -0.05) is 39.0 Å². The van der Waals surface area contributed by atoms with Gasteiger partial charge in [-0.2, -0.15) is 0 Å². The first-order chi connectivity index (χ1) is 6.33. The van der Waals surface area contributed by atoms with Crippen LogP contribution in [0.3, 0.4) is 0 Å². The summed E-state index contributed by atoms with van der Waals surface area (Å²) >= 11 is 0. The van der Waals surface area contributed by atoms with E-state index in [1.54, 1.807) is 0 Å². The first-order valence-electron chi connectivity index (χ1n) is 5.52. The van der Waals surface area contributed by atoms with Crippen molar-refractivity contribution >= 4 is 5.97 Å². The van der Waals surface area contributed by atoms with Gasteiger partial charge in [0.25, 0.3) is 0 Å². The minimum Gasteiger partial charge on any atom is -0.462 e. The predicted octanol–water partition coefficient (Wildman–Crippen LogP) is 3.05. The third kappa shape index (κ3) is 4.30. The Morgan fingerprint density at radius 3 is 2.46 bits per heavy atom. The Bertz CT molecular complexity index is 146. The molecular formula is C11H20O2. The minimum absolute atomic E-state index is 0.0176. The van der Waals surface area contributed by atoms with E-state index >= 15 is 0 Å². The van der Waals surface area contributed by atoms with Gasteiger partial charge in [-0.15, -0.1) is 0 Å². The lowest BCUT2D eigenvalue weighted by Gasteiger charge is -2.25. The summed E-state index contributed by atoms with van der Waals surface area (Å²) in [6.07, 6.45) is 9.90. The van der Waals surface area contributed by atoms with E-state index in [4.69, 9.17) is 4.74 Å². The molecule has 76 valence electrons. The Balaban J connectivity index is 1.77. The molecule has 1 atom stereocenters. The van der Waals surface area contributed by atoms with Crippen LogP contribution < -0.4 is 0 Å². The molecule has 2 nitrogen and oxygen atoms in total. The third-order valence-electron chi connectivity index (χ3n) is 2.57. The maximum Gasteiger partial charge on any atom is 0.309 e. The molecule has 1 saturated heterocycles. The highest BCUT2D eigenvalue weighted by atomic mass is 16.6. The van der Waals surface area contributed by atoms with Crippen LogP contribution in [0.5, 0.6) is 0 Å². The largest absolute Gasteiger partial charge is 0.462 e. The zero-order chi connectivity index (χ0) is 9.52. The fraction of sp³-hybridized carbons (Fsp3) is 0.909. The van der Waals surface area contributed by atoms with Crippen LogP contribution in [-0.4, -0.2) is 12.1 Å². The molecule has 0 bridgehead atoms. The van der Waals surface area contributed by atoms with Crippen LogP contribution in [-0.2, 0) is 9.53 Å². The number of unbranched alkanes of at least 4 members (excludes halogenated alkanes) is 5. The third-order valence-corrected chi connectivity index (χ3v) is 2.57. The highest BCUT2D eigenvalue weighted by Crippen LogP contribution is 2.19. The molecular weight excluding hydrogens is 164 g/mol. The van der Waals surface area contributed by atoms with Crippen LogP contribution >= 0.6 is 0 Å². The summed E-state index contributed by atoms with van der Waals surface area (Å²) in [5.74, 6) is -0.0176. The average molecular weight is 184 g/mol. The van der Waals surface area contributed by atoms with E-state index in [0.29, 0.717) is 6.42 Å². The Hall–Kier alpha value is -0.530. The quantitative estimate of drug-likeness (QED) is 0.449. The predicted molar refractivity (Wildman–Crippen MR) is 52.5 cm³/mol. The van der Waals surface area contributed by atoms with Gasteiger partial charge >= 0.3 is 5.97 Å². The van der Waals surface area contributed by atoms with E-state index in [-0.39, 0.29) is 12.1 Å². The standard InChI is InChI=1S/C11H20O2/c1-2-3-4-5-6-7-8-10-9-11(12)13-10/h10H,2-9H2,1H3/t10-/m1/s1. The summed E-state index contributed by atoms with van der Waals surface area (Å²) in [6.45, 7) is 2.23.